The number of aliphatic hydroxyl groups is 1. The number of rotatable bonds is 9. The maximum Gasteiger partial charge on any atom is 0.317 e. The van der Waals surface area contributed by atoms with Crippen LogP contribution < -0.4 is 5.32 Å². The molecule has 13 nitrogen and oxygen atoms in total. The van der Waals surface area contributed by atoms with E-state index in [1.165, 1.54) is 6.92 Å². The summed E-state index contributed by atoms with van der Waals surface area (Å²) in [6.45, 7) is 3.30. The molecule has 1 rings (SSSR count). The van der Waals surface area contributed by atoms with E-state index < -0.39 is 30.0 Å². The van der Waals surface area contributed by atoms with Crippen LogP contribution in [0.4, 0.5) is 0 Å². The third kappa shape index (κ3) is 12.9. The summed E-state index contributed by atoms with van der Waals surface area (Å²) in [5.74, 6) is -3.44. The van der Waals surface area contributed by atoms with Crippen LogP contribution in [0.25, 0.3) is 0 Å². The third-order valence-electron chi connectivity index (χ3n) is 4.74. The average Bonchev–Trinajstić information content (AvgIpc) is 2.62. The van der Waals surface area contributed by atoms with Crippen molar-refractivity contribution in [1.29, 1.82) is 0 Å². The van der Waals surface area contributed by atoms with Crippen molar-refractivity contribution in [2.24, 2.45) is 0 Å². The summed E-state index contributed by atoms with van der Waals surface area (Å²) < 4.78 is 0. The number of carbonyl (C=O) groups is 4. The smallest absolute Gasteiger partial charge is 0.317 e. The van der Waals surface area contributed by atoms with Crippen molar-refractivity contribution in [3.63, 3.8) is 0 Å². The molecule has 1 saturated heterocycles. The minimum atomic E-state index is -1.02. The molecule has 5 N–H and O–H groups in total. The predicted octanol–water partition coefficient (Wildman–Crippen LogP) is -3.08. The van der Waals surface area contributed by atoms with Crippen LogP contribution in [0.3, 0.4) is 0 Å². The molecule has 1 aliphatic heterocycles. The first-order valence-corrected chi connectivity index (χ1v) is 10.1. The number of aliphatic hydroxyl groups excluding tert-OH is 1. The summed E-state index contributed by atoms with van der Waals surface area (Å²) in [6.07, 6.45) is -1.01. The number of carboxylic acids is 3. The number of nitrogens with zero attached hydrogens (tertiary/aromatic N) is 4. The van der Waals surface area contributed by atoms with E-state index in [1.54, 1.807) is 19.6 Å². The van der Waals surface area contributed by atoms with Crippen LogP contribution in [0.2, 0.25) is 0 Å². The largest absolute Gasteiger partial charge is 0.480 e. The lowest BCUT2D eigenvalue weighted by Crippen LogP contribution is -2.50. The number of carboxylic acid groups (broad SMARTS) is 3. The topological polar surface area (TPSA) is 174 Å². The Morgan fingerprint density at radius 3 is 1.13 bits per heavy atom. The van der Waals surface area contributed by atoms with E-state index in [-0.39, 0.29) is 26.2 Å². The first-order chi connectivity index (χ1) is 14.5. The second-order valence-corrected chi connectivity index (χ2v) is 7.53. The van der Waals surface area contributed by atoms with Crippen LogP contribution in [0.1, 0.15) is 6.92 Å². The minimum Gasteiger partial charge on any atom is -0.480 e. The Hall–Kier alpha value is -2.32. The maximum atomic E-state index is 12.1. The molecule has 31 heavy (non-hydrogen) atoms. The molecule has 0 aromatic heterocycles. The Morgan fingerprint density at radius 2 is 0.903 bits per heavy atom. The second kappa shape index (κ2) is 13.9. The fraction of sp³-hybridized carbons (Fsp3) is 0.778. The Bertz CT molecular complexity index is 586. The molecular formula is C18H33N5O8. The van der Waals surface area contributed by atoms with Gasteiger partial charge in [-0.3, -0.25) is 38.8 Å². The summed E-state index contributed by atoms with van der Waals surface area (Å²) in [5.41, 5.74) is 0. The molecule has 1 atom stereocenters. The summed E-state index contributed by atoms with van der Waals surface area (Å²) in [6, 6.07) is 0. The van der Waals surface area contributed by atoms with Crippen molar-refractivity contribution in [2.45, 2.75) is 13.2 Å². The molecule has 0 aromatic rings. The van der Waals surface area contributed by atoms with Crippen LogP contribution in [0.5, 0.6) is 0 Å². The standard InChI is InChI=1S/C18H33N5O8/c1-14(24)19-15(25)10-20-2-4-21(11-16(26)27)6-8-23(13-18(30)31)9-7-22(5-3-20)12-17(28)29/h14,24H,2-13H2,1H3,(H,19,25)(H,26,27)(H,28,29)(H,30,31). The highest BCUT2D eigenvalue weighted by Gasteiger charge is 2.21. The van der Waals surface area contributed by atoms with Gasteiger partial charge in [-0.2, -0.15) is 0 Å². The van der Waals surface area contributed by atoms with Gasteiger partial charge in [-0.05, 0) is 6.92 Å². The predicted molar refractivity (Wildman–Crippen MR) is 108 cm³/mol. The number of nitrogens with one attached hydrogen (secondary N) is 1. The molecule has 1 amide bonds. The van der Waals surface area contributed by atoms with Gasteiger partial charge in [0.05, 0.1) is 26.2 Å². The van der Waals surface area contributed by atoms with Crippen molar-refractivity contribution in [2.75, 3.05) is 78.5 Å². The minimum absolute atomic E-state index is 0.0299. The van der Waals surface area contributed by atoms with Gasteiger partial charge in [0.2, 0.25) is 5.91 Å². The van der Waals surface area contributed by atoms with Gasteiger partial charge in [0.25, 0.3) is 0 Å². The number of amides is 1. The molecule has 1 unspecified atom stereocenters. The second-order valence-electron chi connectivity index (χ2n) is 7.53. The van der Waals surface area contributed by atoms with Gasteiger partial charge < -0.3 is 25.7 Å². The lowest BCUT2D eigenvalue weighted by molar-refractivity contribution is -0.140. The molecular weight excluding hydrogens is 414 g/mol. The number of aliphatic carboxylic acids is 3. The zero-order chi connectivity index (χ0) is 23.4. The van der Waals surface area contributed by atoms with E-state index in [2.05, 4.69) is 5.32 Å². The molecule has 178 valence electrons. The number of hydrogen-bond acceptors (Lipinski definition) is 9. The highest BCUT2D eigenvalue weighted by atomic mass is 16.4. The molecule has 13 heteroatoms. The van der Waals surface area contributed by atoms with Crippen molar-refractivity contribution in [3.8, 4) is 0 Å². The van der Waals surface area contributed by atoms with Crippen molar-refractivity contribution < 1.29 is 39.6 Å². The quantitative estimate of drug-likeness (QED) is 0.226. The number of carbonyl (C=O) groups excluding carboxylic acids is 1. The molecule has 1 heterocycles. The van der Waals surface area contributed by atoms with E-state index >= 15 is 0 Å². The first kappa shape index (κ1) is 26.7. The van der Waals surface area contributed by atoms with Gasteiger partial charge in [0, 0.05) is 52.4 Å². The highest BCUT2D eigenvalue weighted by molar-refractivity contribution is 5.78. The molecule has 0 bridgehead atoms. The van der Waals surface area contributed by atoms with E-state index in [0.717, 1.165) is 0 Å². The van der Waals surface area contributed by atoms with Gasteiger partial charge >= 0.3 is 17.9 Å². The first-order valence-electron chi connectivity index (χ1n) is 10.1. The molecule has 0 aliphatic carbocycles. The third-order valence-corrected chi connectivity index (χ3v) is 4.74. The Balaban J connectivity index is 2.93. The molecule has 0 spiro atoms. The monoisotopic (exact) mass is 447 g/mol. The zero-order valence-electron chi connectivity index (χ0n) is 17.8. The molecule has 0 radical (unpaired) electrons. The van der Waals surface area contributed by atoms with Gasteiger partial charge in [0.15, 0.2) is 0 Å². The molecule has 0 saturated carbocycles. The van der Waals surface area contributed by atoms with Crippen LogP contribution >= 0.6 is 0 Å². The van der Waals surface area contributed by atoms with Crippen molar-refractivity contribution in [3.05, 3.63) is 0 Å². The van der Waals surface area contributed by atoms with Crippen LogP contribution in [-0.4, -0.2) is 149 Å². The summed E-state index contributed by atoms with van der Waals surface area (Å²) in [5, 5.41) is 39.2. The maximum absolute atomic E-state index is 12.1. The van der Waals surface area contributed by atoms with E-state index in [4.69, 9.17) is 5.11 Å². The average molecular weight is 447 g/mol. The Kier molecular flexibility index (Phi) is 12.0. The van der Waals surface area contributed by atoms with Crippen molar-refractivity contribution >= 4 is 23.8 Å². The lowest BCUT2D eigenvalue weighted by atomic mass is 10.3. The summed E-state index contributed by atoms with van der Waals surface area (Å²) >= 11 is 0. The van der Waals surface area contributed by atoms with Gasteiger partial charge in [-0.1, -0.05) is 0 Å². The van der Waals surface area contributed by atoms with Crippen LogP contribution in [0, 0.1) is 0 Å². The molecule has 0 aromatic carbocycles. The Morgan fingerprint density at radius 1 is 0.645 bits per heavy atom. The van der Waals surface area contributed by atoms with E-state index in [0.29, 0.717) is 52.4 Å². The van der Waals surface area contributed by atoms with Gasteiger partial charge in [-0.25, -0.2) is 0 Å². The molecule has 1 fully saturated rings. The summed E-state index contributed by atoms with van der Waals surface area (Å²) in [4.78, 5) is 52.4. The normalized spacial score (nSPS) is 19.7. The van der Waals surface area contributed by atoms with Crippen molar-refractivity contribution in [1.82, 2.24) is 24.9 Å². The van der Waals surface area contributed by atoms with Gasteiger partial charge in [-0.15, -0.1) is 0 Å². The molecule has 1 aliphatic rings. The summed E-state index contributed by atoms with van der Waals surface area (Å²) in [7, 11) is 0. The fourth-order valence-electron chi connectivity index (χ4n) is 3.27. The van der Waals surface area contributed by atoms with E-state index in [9.17, 15) is 34.5 Å². The highest BCUT2D eigenvalue weighted by Crippen LogP contribution is 2.01. The van der Waals surface area contributed by atoms with Crippen LogP contribution in [-0.2, 0) is 19.2 Å². The zero-order valence-corrected chi connectivity index (χ0v) is 17.8. The van der Waals surface area contributed by atoms with E-state index in [1.807, 2.05) is 0 Å². The fourth-order valence-corrected chi connectivity index (χ4v) is 3.27. The van der Waals surface area contributed by atoms with Gasteiger partial charge in [0.1, 0.15) is 6.23 Å². The van der Waals surface area contributed by atoms with Crippen LogP contribution in [0.15, 0.2) is 0 Å². The number of hydrogen-bond donors (Lipinski definition) is 5. The SMILES string of the molecule is CC(O)NC(=O)CN1CCN(CC(=O)O)CCN(CC(=O)O)CCN(CC(=O)O)CC1. The Labute approximate surface area is 180 Å². The lowest BCUT2D eigenvalue weighted by Gasteiger charge is -2.32.